The molecule has 1 unspecified atom stereocenters. The van der Waals surface area contributed by atoms with Crippen LogP contribution in [0.4, 0.5) is 0 Å². The number of aromatic hydroxyl groups is 1. The summed E-state index contributed by atoms with van der Waals surface area (Å²) in [5.41, 5.74) is 0.457. The number of ether oxygens (including phenoxy) is 3. The molecule has 1 aliphatic rings. The maximum atomic E-state index is 13.1. The highest BCUT2D eigenvalue weighted by Crippen LogP contribution is 2.43. The summed E-state index contributed by atoms with van der Waals surface area (Å²) in [6.45, 7) is 4.03. The van der Waals surface area contributed by atoms with Gasteiger partial charge in [-0.15, -0.1) is 0 Å². The Balaban J connectivity index is 2.20. The quantitative estimate of drug-likeness (QED) is 0.338. The van der Waals surface area contributed by atoms with Gasteiger partial charge >= 0.3 is 0 Å². The van der Waals surface area contributed by atoms with Gasteiger partial charge in [0.1, 0.15) is 23.0 Å². The zero-order chi connectivity index (χ0) is 24.3. The van der Waals surface area contributed by atoms with E-state index in [0.29, 0.717) is 5.56 Å². The van der Waals surface area contributed by atoms with Crippen LogP contribution in [-0.4, -0.2) is 60.3 Å². The zero-order valence-electron chi connectivity index (χ0n) is 18.8. The van der Waals surface area contributed by atoms with Gasteiger partial charge in [-0.05, 0) is 37.6 Å². The number of Topliss-reactive ketones (excluding diaryl/α,β-unsaturated/α-hetero) is 1. The summed E-state index contributed by atoms with van der Waals surface area (Å²) >= 11 is 6.17. The van der Waals surface area contributed by atoms with Crippen molar-refractivity contribution in [1.82, 2.24) is 4.90 Å². The fraction of sp³-hybridized carbons (Fsp3) is 0.333. The minimum Gasteiger partial charge on any atom is -0.508 e. The minimum absolute atomic E-state index is 0.0396. The lowest BCUT2D eigenvalue weighted by atomic mass is 9.94. The highest BCUT2D eigenvalue weighted by Gasteiger charge is 2.46. The number of rotatable bonds is 8. The topological polar surface area (TPSA) is 106 Å². The maximum absolute atomic E-state index is 13.1. The first-order chi connectivity index (χ1) is 15.7. The van der Waals surface area contributed by atoms with E-state index in [0.717, 1.165) is 0 Å². The van der Waals surface area contributed by atoms with Crippen LogP contribution in [0.25, 0.3) is 5.76 Å². The minimum atomic E-state index is -0.945. The van der Waals surface area contributed by atoms with Crippen LogP contribution in [0.2, 0.25) is 5.02 Å². The third-order valence-corrected chi connectivity index (χ3v) is 5.53. The lowest BCUT2D eigenvalue weighted by Gasteiger charge is -2.26. The van der Waals surface area contributed by atoms with Gasteiger partial charge < -0.3 is 29.3 Å². The van der Waals surface area contributed by atoms with Gasteiger partial charge in [-0.2, -0.15) is 0 Å². The number of hydrogen-bond acceptors (Lipinski definition) is 7. The Morgan fingerprint density at radius 1 is 1.12 bits per heavy atom. The second-order valence-corrected chi connectivity index (χ2v) is 8.10. The van der Waals surface area contributed by atoms with Gasteiger partial charge in [-0.25, -0.2) is 0 Å². The van der Waals surface area contributed by atoms with Gasteiger partial charge in [0.2, 0.25) is 0 Å². The maximum Gasteiger partial charge on any atom is 0.295 e. The number of phenolic OH excluding ortho intramolecular Hbond substituents is 1. The van der Waals surface area contributed by atoms with Gasteiger partial charge in [0.05, 0.1) is 49.1 Å². The number of aliphatic hydroxyl groups is 1. The number of nitrogens with zero attached hydrogens (tertiary/aromatic N) is 1. The largest absolute Gasteiger partial charge is 0.508 e. The van der Waals surface area contributed by atoms with Crippen LogP contribution in [-0.2, 0) is 14.3 Å². The summed E-state index contributed by atoms with van der Waals surface area (Å²) in [7, 11) is 2.81. The summed E-state index contributed by atoms with van der Waals surface area (Å²) in [5.74, 6) is -1.67. The number of carbonyl (C=O) groups excluding carboxylic acids is 2. The summed E-state index contributed by atoms with van der Waals surface area (Å²) < 4.78 is 16.2. The molecule has 0 spiro atoms. The molecule has 1 aliphatic heterocycles. The third kappa shape index (κ3) is 4.91. The first-order valence-corrected chi connectivity index (χ1v) is 10.7. The van der Waals surface area contributed by atoms with E-state index >= 15 is 0 Å². The number of methoxy groups -OCH3 is 2. The van der Waals surface area contributed by atoms with Crippen molar-refractivity contribution < 1.29 is 34.0 Å². The number of halogens is 1. The molecule has 0 radical (unpaired) electrons. The number of phenols is 1. The molecule has 2 aromatic rings. The molecule has 1 amide bonds. The Morgan fingerprint density at radius 2 is 1.82 bits per heavy atom. The number of benzene rings is 2. The number of likely N-dealkylation sites (tertiary alicyclic amines) is 1. The normalized spacial score (nSPS) is 17.6. The van der Waals surface area contributed by atoms with Gasteiger partial charge in [0.15, 0.2) is 0 Å². The van der Waals surface area contributed by atoms with Crippen LogP contribution >= 0.6 is 11.6 Å². The van der Waals surface area contributed by atoms with Crippen LogP contribution < -0.4 is 9.47 Å². The molecule has 1 fully saturated rings. The van der Waals surface area contributed by atoms with Crippen LogP contribution in [0.5, 0.6) is 17.2 Å². The number of amides is 1. The molecular weight excluding hydrogens is 450 g/mol. The lowest BCUT2D eigenvalue weighted by molar-refractivity contribution is -0.140. The molecule has 8 nitrogen and oxygen atoms in total. The Morgan fingerprint density at radius 3 is 2.42 bits per heavy atom. The van der Waals surface area contributed by atoms with E-state index in [2.05, 4.69) is 0 Å². The van der Waals surface area contributed by atoms with E-state index in [9.17, 15) is 19.8 Å². The summed E-state index contributed by atoms with van der Waals surface area (Å²) in [4.78, 5) is 27.4. The van der Waals surface area contributed by atoms with E-state index in [1.165, 1.54) is 43.4 Å². The Labute approximate surface area is 196 Å². The molecule has 0 bridgehead atoms. The molecule has 1 saturated heterocycles. The van der Waals surface area contributed by atoms with E-state index in [1.54, 1.807) is 12.1 Å². The number of hydrogen-bond donors (Lipinski definition) is 2. The fourth-order valence-electron chi connectivity index (χ4n) is 3.73. The van der Waals surface area contributed by atoms with Crippen LogP contribution in [0.3, 0.4) is 0 Å². The molecule has 1 heterocycles. The Kier molecular flexibility index (Phi) is 7.50. The van der Waals surface area contributed by atoms with Crippen molar-refractivity contribution in [2.24, 2.45) is 0 Å². The standard InChI is InChI=1S/C24H26ClNO7/c1-13(2)33-9-8-26-21(14-6-5-7-15(27)10-14)20(23(29)24(26)30)22(28)16-11-19(32-4)17(25)12-18(16)31-3/h5-7,10-13,21,27-28H,8-9H2,1-4H3/b22-20+. The molecule has 2 N–H and O–H groups in total. The highest BCUT2D eigenvalue weighted by molar-refractivity contribution is 6.46. The molecule has 0 saturated carbocycles. The highest BCUT2D eigenvalue weighted by atomic mass is 35.5. The Hall–Kier alpha value is -3.23. The van der Waals surface area contributed by atoms with Crippen LogP contribution in [0, 0.1) is 0 Å². The number of carbonyl (C=O) groups is 2. The molecule has 176 valence electrons. The smallest absolute Gasteiger partial charge is 0.295 e. The van der Waals surface area contributed by atoms with E-state index in [-0.39, 0.29) is 52.7 Å². The molecule has 1 atom stereocenters. The molecular formula is C24H26ClNO7. The van der Waals surface area contributed by atoms with Crippen molar-refractivity contribution in [2.45, 2.75) is 26.0 Å². The predicted octanol–water partition coefficient (Wildman–Crippen LogP) is 3.91. The van der Waals surface area contributed by atoms with Crippen molar-refractivity contribution in [1.29, 1.82) is 0 Å². The number of ketones is 1. The predicted molar refractivity (Wildman–Crippen MR) is 123 cm³/mol. The average molecular weight is 476 g/mol. The second-order valence-electron chi connectivity index (χ2n) is 7.69. The van der Waals surface area contributed by atoms with Crippen LogP contribution in [0.1, 0.15) is 31.0 Å². The average Bonchev–Trinajstić information content (AvgIpc) is 3.03. The van der Waals surface area contributed by atoms with Crippen molar-refractivity contribution in [2.75, 3.05) is 27.4 Å². The molecule has 0 aromatic heterocycles. The third-order valence-electron chi connectivity index (χ3n) is 5.24. The van der Waals surface area contributed by atoms with E-state index < -0.39 is 23.5 Å². The lowest BCUT2D eigenvalue weighted by Crippen LogP contribution is -2.33. The van der Waals surface area contributed by atoms with Crippen LogP contribution in [0.15, 0.2) is 42.0 Å². The molecule has 2 aromatic carbocycles. The molecule has 9 heteroatoms. The van der Waals surface area contributed by atoms with Gasteiger partial charge in [0.25, 0.3) is 11.7 Å². The van der Waals surface area contributed by atoms with Crippen molar-refractivity contribution in [3.63, 3.8) is 0 Å². The summed E-state index contributed by atoms with van der Waals surface area (Å²) in [6, 6.07) is 8.13. The first-order valence-electron chi connectivity index (χ1n) is 10.3. The van der Waals surface area contributed by atoms with Gasteiger partial charge in [0, 0.05) is 12.6 Å². The zero-order valence-corrected chi connectivity index (χ0v) is 19.5. The summed E-state index contributed by atoms with van der Waals surface area (Å²) in [5, 5.41) is 21.5. The molecule has 33 heavy (non-hydrogen) atoms. The van der Waals surface area contributed by atoms with E-state index in [4.69, 9.17) is 25.8 Å². The fourth-order valence-corrected chi connectivity index (χ4v) is 3.96. The summed E-state index contributed by atoms with van der Waals surface area (Å²) in [6.07, 6.45) is -0.0631. The number of aliphatic hydroxyl groups excluding tert-OH is 1. The van der Waals surface area contributed by atoms with Crippen molar-refractivity contribution in [3.05, 3.63) is 58.1 Å². The molecule has 3 rings (SSSR count). The monoisotopic (exact) mass is 475 g/mol. The van der Waals surface area contributed by atoms with Gasteiger partial charge in [-0.3, -0.25) is 9.59 Å². The Bertz CT molecular complexity index is 1100. The second kappa shape index (κ2) is 10.1. The van der Waals surface area contributed by atoms with Crippen molar-refractivity contribution in [3.8, 4) is 17.2 Å². The molecule has 0 aliphatic carbocycles. The van der Waals surface area contributed by atoms with Gasteiger partial charge in [-0.1, -0.05) is 23.7 Å². The van der Waals surface area contributed by atoms with E-state index in [1.807, 2.05) is 13.8 Å². The van der Waals surface area contributed by atoms with Crippen molar-refractivity contribution >= 4 is 29.1 Å². The SMILES string of the molecule is COc1cc(/C(O)=C2\C(=O)C(=O)N(CCOC(C)C)C2c2cccc(O)c2)c(OC)cc1Cl. The first kappa shape index (κ1) is 24.4.